The Bertz CT molecular complexity index is 553. The van der Waals surface area contributed by atoms with E-state index in [4.69, 9.17) is 4.52 Å². The topological polar surface area (TPSA) is 60.9 Å². The predicted molar refractivity (Wildman–Crippen MR) is 65.4 cm³/mol. The average Bonchev–Trinajstić information content (AvgIpc) is 2.87. The van der Waals surface area contributed by atoms with Crippen LogP contribution in [0.15, 0.2) is 14.7 Å². The summed E-state index contributed by atoms with van der Waals surface area (Å²) < 4.78 is 6.74. The van der Waals surface area contributed by atoms with Crippen LogP contribution in [0.1, 0.15) is 44.1 Å². The summed E-state index contributed by atoms with van der Waals surface area (Å²) in [6, 6.07) is 0. The van der Waals surface area contributed by atoms with E-state index in [9.17, 15) is 4.79 Å². The average molecular weight is 253 g/mol. The van der Waals surface area contributed by atoms with E-state index >= 15 is 0 Å². The maximum atomic E-state index is 11.7. The van der Waals surface area contributed by atoms with Crippen LogP contribution in [0.2, 0.25) is 0 Å². The summed E-state index contributed by atoms with van der Waals surface area (Å²) in [5, 5.41) is 5.76. The number of hydrogen-bond donors (Lipinski definition) is 0. The van der Waals surface area contributed by atoms with Gasteiger partial charge < -0.3 is 4.52 Å². The molecule has 0 saturated heterocycles. The number of nitrogens with zero attached hydrogens (tertiary/aromatic N) is 3. The molecule has 0 bridgehead atoms. The zero-order chi connectivity index (χ0) is 12.4. The molecule has 2 rings (SSSR count). The van der Waals surface area contributed by atoms with Crippen LogP contribution in [0.5, 0.6) is 0 Å². The van der Waals surface area contributed by atoms with Crippen molar-refractivity contribution in [1.82, 2.24) is 14.7 Å². The standard InChI is InChI=1S/C11H15N3O2S/c1-4-10-12-9(13-16-10)5-14-8(7(2)3)6-17-11(14)15/h6-7H,4-5H2,1-3H3. The van der Waals surface area contributed by atoms with Gasteiger partial charge in [0.15, 0.2) is 5.82 Å². The Kier molecular flexibility index (Phi) is 3.42. The lowest BCUT2D eigenvalue weighted by molar-refractivity contribution is 0.375. The molecule has 0 aliphatic heterocycles. The maximum absolute atomic E-state index is 11.7. The Labute approximate surface area is 103 Å². The molecule has 2 aromatic rings. The molecule has 0 radical (unpaired) electrons. The molecular formula is C11H15N3O2S. The molecule has 0 N–H and O–H groups in total. The van der Waals surface area contributed by atoms with Gasteiger partial charge in [-0.2, -0.15) is 4.98 Å². The third-order valence-corrected chi connectivity index (χ3v) is 3.30. The van der Waals surface area contributed by atoms with Crippen molar-refractivity contribution in [3.05, 3.63) is 32.5 Å². The fraction of sp³-hybridized carbons (Fsp3) is 0.545. The largest absolute Gasteiger partial charge is 0.339 e. The Balaban J connectivity index is 2.29. The minimum absolute atomic E-state index is 0.0246. The Morgan fingerprint density at radius 2 is 2.29 bits per heavy atom. The summed E-state index contributed by atoms with van der Waals surface area (Å²) in [5.41, 5.74) is 1.02. The van der Waals surface area contributed by atoms with Gasteiger partial charge in [-0.05, 0) is 5.92 Å². The second kappa shape index (κ2) is 4.83. The minimum Gasteiger partial charge on any atom is -0.339 e. The summed E-state index contributed by atoms with van der Waals surface area (Å²) in [7, 11) is 0. The van der Waals surface area contributed by atoms with Crippen molar-refractivity contribution >= 4 is 11.3 Å². The van der Waals surface area contributed by atoms with Crippen molar-refractivity contribution in [3.63, 3.8) is 0 Å². The van der Waals surface area contributed by atoms with Crippen LogP contribution < -0.4 is 4.87 Å². The van der Waals surface area contributed by atoms with Gasteiger partial charge in [-0.1, -0.05) is 37.3 Å². The van der Waals surface area contributed by atoms with E-state index in [0.29, 0.717) is 30.6 Å². The molecule has 0 unspecified atom stereocenters. The highest BCUT2D eigenvalue weighted by molar-refractivity contribution is 7.07. The molecule has 6 heteroatoms. The maximum Gasteiger partial charge on any atom is 0.307 e. The third-order valence-electron chi connectivity index (χ3n) is 2.52. The van der Waals surface area contributed by atoms with Crippen LogP contribution in [0.25, 0.3) is 0 Å². The van der Waals surface area contributed by atoms with Crippen molar-refractivity contribution in [2.75, 3.05) is 0 Å². The van der Waals surface area contributed by atoms with Crippen LogP contribution >= 0.6 is 11.3 Å². The van der Waals surface area contributed by atoms with Gasteiger partial charge in [0.25, 0.3) is 0 Å². The molecule has 0 fully saturated rings. The molecule has 92 valence electrons. The molecular weight excluding hydrogens is 238 g/mol. The zero-order valence-corrected chi connectivity index (χ0v) is 11.0. The van der Waals surface area contributed by atoms with E-state index in [1.54, 1.807) is 4.57 Å². The van der Waals surface area contributed by atoms with Crippen molar-refractivity contribution in [1.29, 1.82) is 0 Å². The number of thiazole rings is 1. The van der Waals surface area contributed by atoms with E-state index in [2.05, 4.69) is 24.0 Å². The van der Waals surface area contributed by atoms with Crippen molar-refractivity contribution in [3.8, 4) is 0 Å². The molecule has 0 aliphatic carbocycles. The highest BCUT2D eigenvalue weighted by Crippen LogP contribution is 2.15. The Morgan fingerprint density at radius 1 is 1.53 bits per heavy atom. The molecule has 0 aromatic carbocycles. The predicted octanol–water partition coefficient (Wildman–Crippen LogP) is 2.03. The van der Waals surface area contributed by atoms with Gasteiger partial charge in [0.1, 0.15) is 0 Å². The van der Waals surface area contributed by atoms with Crippen LogP contribution in [-0.4, -0.2) is 14.7 Å². The van der Waals surface area contributed by atoms with Gasteiger partial charge in [-0.15, -0.1) is 0 Å². The molecule has 0 spiro atoms. The number of aromatic nitrogens is 3. The summed E-state index contributed by atoms with van der Waals surface area (Å²) >= 11 is 1.21. The first kappa shape index (κ1) is 12.0. The first-order chi connectivity index (χ1) is 8.11. The van der Waals surface area contributed by atoms with Gasteiger partial charge in [0.2, 0.25) is 5.89 Å². The van der Waals surface area contributed by atoms with Crippen molar-refractivity contribution in [2.45, 2.75) is 39.7 Å². The third kappa shape index (κ3) is 2.46. The summed E-state index contributed by atoms with van der Waals surface area (Å²) in [5.74, 6) is 1.48. The molecule has 2 heterocycles. The minimum atomic E-state index is 0.0246. The monoisotopic (exact) mass is 253 g/mol. The number of rotatable bonds is 4. The van der Waals surface area contributed by atoms with Crippen LogP contribution in [0, 0.1) is 0 Å². The molecule has 2 aromatic heterocycles. The summed E-state index contributed by atoms with van der Waals surface area (Å²) in [4.78, 5) is 16.0. The number of hydrogen-bond acceptors (Lipinski definition) is 5. The van der Waals surface area contributed by atoms with E-state index < -0.39 is 0 Å². The van der Waals surface area contributed by atoms with Crippen LogP contribution in [0.3, 0.4) is 0 Å². The molecule has 5 nitrogen and oxygen atoms in total. The first-order valence-electron chi connectivity index (χ1n) is 5.61. The van der Waals surface area contributed by atoms with E-state index in [-0.39, 0.29) is 4.87 Å². The van der Waals surface area contributed by atoms with Gasteiger partial charge >= 0.3 is 4.87 Å². The van der Waals surface area contributed by atoms with Crippen LogP contribution in [-0.2, 0) is 13.0 Å². The molecule has 0 atom stereocenters. The van der Waals surface area contributed by atoms with Crippen molar-refractivity contribution in [2.24, 2.45) is 0 Å². The Hall–Kier alpha value is -1.43. The molecule has 0 aliphatic rings. The fourth-order valence-corrected chi connectivity index (χ4v) is 2.50. The van der Waals surface area contributed by atoms with Gasteiger partial charge in [0.05, 0.1) is 6.54 Å². The van der Waals surface area contributed by atoms with Gasteiger partial charge in [0, 0.05) is 17.5 Å². The molecule has 0 saturated carbocycles. The fourth-order valence-electron chi connectivity index (χ4n) is 1.59. The van der Waals surface area contributed by atoms with E-state index in [1.807, 2.05) is 12.3 Å². The molecule has 0 amide bonds. The lowest BCUT2D eigenvalue weighted by Crippen LogP contribution is -2.18. The normalized spacial score (nSPS) is 11.3. The second-order valence-electron chi connectivity index (χ2n) is 4.13. The number of aryl methyl sites for hydroxylation is 1. The van der Waals surface area contributed by atoms with Crippen LogP contribution in [0.4, 0.5) is 0 Å². The zero-order valence-electron chi connectivity index (χ0n) is 10.1. The van der Waals surface area contributed by atoms with E-state index in [0.717, 1.165) is 5.69 Å². The van der Waals surface area contributed by atoms with E-state index in [1.165, 1.54) is 11.3 Å². The van der Waals surface area contributed by atoms with Gasteiger partial charge in [-0.25, -0.2) is 0 Å². The lowest BCUT2D eigenvalue weighted by atomic mass is 10.1. The summed E-state index contributed by atoms with van der Waals surface area (Å²) in [6.07, 6.45) is 0.711. The van der Waals surface area contributed by atoms with Crippen molar-refractivity contribution < 1.29 is 4.52 Å². The Morgan fingerprint density at radius 3 is 2.88 bits per heavy atom. The SMILES string of the molecule is CCc1nc(Cn2c(C(C)C)csc2=O)no1. The van der Waals surface area contributed by atoms with Gasteiger partial charge in [-0.3, -0.25) is 9.36 Å². The quantitative estimate of drug-likeness (QED) is 0.836. The highest BCUT2D eigenvalue weighted by Gasteiger charge is 2.13. The summed E-state index contributed by atoms with van der Waals surface area (Å²) in [6.45, 7) is 6.46. The lowest BCUT2D eigenvalue weighted by Gasteiger charge is -2.07. The second-order valence-corrected chi connectivity index (χ2v) is 4.95. The first-order valence-corrected chi connectivity index (χ1v) is 6.49. The smallest absolute Gasteiger partial charge is 0.307 e. The molecule has 17 heavy (non-hydrogen) atoms. The highest BCUT2D eigenvalue weighted by atomic mass is 32.1.